The fourth-order valence-electron chi connectivity index (χ4n) is 2.09. The van der Waals surface area contributed by atoms with Gasteiger partial charge in [0.15, 0.2) is 0 Å². The fraction of sp³-hybridized carbons (Fsp3) is 0.923. The summed E-state index contributed by atoms with van der Waals surface area (Å²) in [6.45, 7) is 4.94. The number of hydrogen-bond donors (Lipinski definition) is 0. The second-order valence-corrected chi connectivity index (χ2v) is 4.70. The highest BCUT2D eigenvalue weighted by Crippen LogP contribution is 2.37. The van der Waals surface area contributed by atoms with Crippen molar-refractivity contribution < 1.29 is 9.53 Å². The van der Waals surface area contributed by atoms with Crippen molar-refractivity contribution in [1.29, 1.82) is 0 Å². The molecule has 0 amide bonds. The van der Waals surface area contributed by atoms with Crippen LogP contribution in [0, 0.1) is 11.8 Å². The van der Waals surface area contributed by atoms with Gasteiger partial charge in [-0.25, -0.2) is 0 Å². The molecule has 0 atom stereocenters. The fourth-order valence-corrected chi connectivity index (χ4v) is 2.09. The molecule has 1 aliphatic rings. The molecule has 0 aliphatic heterocycles. The zero-order valence-corrected chi connectivity index (χ0v) is 10.1. The van der Waals surface area contributed by atoms with Crippen LogP contribution >= 0.6 is 0 Å². The summed E-state index contributed by atoms with van der Waals surface area (Å²) in [6.07, 6.45) is 8.12. The van der Waals surface area contributed by atoms with Crippen LogP contribution in [-0.4, -0.2) is 12.6 Å². The lowest BCUT2D eigenvalue weighted by atomic mass is 9.72. The Hall–Kier alpha value is -0.530. The number of rotatable bonds is 7. The van der Waals surface area contributed by atoms with Crippen LogP contribution in [0.2, 0.25) is 0 Å². The lowest BCUT2D eigenvalue weighted by molar-refractivity contribution is -0.153. The first kappa shape index (κ1) is 12.5. The molecule has 0 N–H and O–H groups in total. The molecule has 0 saturated heterocycles. The SMILES string of the molecule is CCCCOC(=O)C1CC(CCCC)C1. The van der Waals surface area contributed by atoms with Crippen LogP contribution in [0.5, 0.6) is 0 Å². The van der Waals surface area contributed by atoms with E-state index < -0.39 is 0 Å². The van der Waals surface area contributed by atoms with E-state index in [-0.39, 0.29) is 11.9 Å². The number of esters is 1. The van der Waals surface area contributed by atoms with Gasteiger partial charge in [0, 0.05) is 0 Å². The van der Waals surface area contributed by atoms with Gasteiger partial charge in [-0.15, -0.1) is 0 Å². The van der Waals surface area contributed by atoms with Gasteiger partial charge >= 0.3 is 5.97 Å². The number of unbranched alkanes of at least 4 members (excludes halogenated alkanes) is 2. The van der Waals surface area contributed by atoms with Gasteiger partial charge in [-0.05, 0) is 25.2 Å². The van der Waals surface area contributed by atoms with Gasteiger partial charge in [-0.3, -0.25) is 4.79 Å². The topological polar surface area (TPSA) is 26.3 Å². The molecule has 0 radical (unpaired) electrons. The molecule has 1 aliphatic carbocycles. The lowest BCUT2D eigenvalue weighted by Crippen LogP contribution is -2.32. The Morgan fingerprint density at radius 3 is 2.47 bits per heavy atom. The molecule has 0 bridgehead atoms. The number of carbonyl (C=O) groups excluding carboxylic acids is 1. The van der Waals surface area contributed by atoms with Crippen molar-refractivity contribution in [3.8, 4) is 0 Å². The van der Waals surface area contributed by atoms with Crippen LogP contribution < -0.4 is 0 Å². The summed E-state index contributed by atoms with van der Waals surface area (Å²) in [6, 6.07) is 0. The summed E-state index contributed by atoms with van der Waals surface area (Å²) in [5.74, 6) is 1.08. The number of ether oxygens (including phenoxy) is 1. The van der Waals surface area contributed by atoms with Crippen LogP contribution in [0.15, 0.2) is 0 Å². The second-order valence-electron chi connectivity index (χ2n) is 4.70. The van der Waals surface area contributed by atoms with E-state index in [1.54, 1.807) is 0 Å². The molecule has 0 spiro atoms. The minimum Gasteiger partial charge on any atom is -0.465 e. The molecule has 2 heteroatoms. The number of carbonyl (C=O) groups is 1. The Labute approximate surface area is 93.4 Å². The first-order valence-electron chi connectivity index (χ1n) is 6.44. The largest absolute Gasteiger partial charge is 0.465 e. The Morgan fingerprint density at radius 1 is 1.20 bits per heavy atom. The Bertz CT molecular complexity index is 183. The summed E-state index contributed by atoms with van der Waals surface area (Å²) in [5, 5.41) is 0. The molecule has 1 saturated carbocycles. The molecule has 88 valence electrons. The van der Waals surface area contributed by atoms with Gasteiger partial charge in [0.25, 0.3) is 0 Å². The predicted octanol–water partition coefficient (Wildman–Crippen LogP) is 3.55. The Morgan fingerprint density at radius 2 is 1.87 bits per heavy atom. The first-order valence-corrected chi connectivity index (χ1v) is 6.44. The predicted molar refractivity (Wildman–Crippen MR) is 61.6 cm³/mol. The van der Waals surface area contributed by atoms with E-state index in [0.717, 1.165) is 31.6 Å². The maximum Gasteiger partial charge on any atom is 0.308 e. The zero-order valence-electron chi connectivity index (χ0n) is 10.1. The van der Waals surface area contributed by atoms with Crippen molar-refractivity contribution in [2.24, 2.45) is 11.8 Å². The van der Waals surface area contributed by atoms with Crippen LogP contribution in [-0.2, 0) is 9.53 Å². The monoisotopic (exact) mass is 212 g/mol. The maximum absolute atomic E-state index is 11.5. The van der Waals surface area contributed by atoms with Gasteiger partial charge in [-0.1, -0.05) is 39.5 Å². The third-order valence-electron chi connectivity index (χ3n) is 3.28. The molecule has 0 unspecified atom stereocenters. The van der Waals surface area contributed by atoms with Crippen molar-refractivity contribution in [2.75, 3.05) is 6.61 Å². The Kier molecular flexibility index (Phi) is 5.74. The standard InChI is InChI=1S/C13H24O2/c1-3-5-7-11-9-12(10-11)13(14)15-8-6-4-2/h11-12H,3-10H2,1-2H3. The summed E-state index contributed by atoms with van der Waals surface area (Å²) in [5.41, 5.74) is 0. The lowest BCUT2D eigenvalue weighted by Gasteiger charge is -2.33. The quantitative estimate of drug-likeness (QED) is 0.476. The second kappa shape index (κ2) is 6.86. The van der Waals surface area contributed by atoms with E-state index in [2.05, 4.69) is 13.8 Å². The van der Waals surface area contributed by atoms with Crippen molar-refractivity contribution in [1.82, 2.24) is 0 Å². The third kappa shape index (κ3) is 4.23. The Balaban J connectivity index is 2.02. The highest BCUT2D eigenvalue weighted by molar-refractivity contribution is 5.73. The molecule has 0 aromatic heterocycles. The molecule has 0 heterocycles. The van der Waals surface area contributed by atoms with Crippen LogP contribution in [0.3, 0.4) is 0 Å². The zero-order chi connectivity index (χ0) is 11.1. The van der Waals surface area contributed by atoms with E-state index in [1.165, 1.54) is 19.3 Å². The molecular formula is C13H24O2. The molecule has 2 nitrogen and oxygen atoms in total. The van der Waals surface area contributed by atoms with Gasteiger partial charge in [0.05, 0.1) is 12.5 Å². The minimum absolute atomic E-state index is 0.0520. The highest BCUT2D eigenvalue weighted by atomic mass is 16.5. The third-order valence-corrected chi connectivity index (χ3v) is 3.28. The maximum atomic E-state index is 11.5. The molecule has 0 aromatic carbocycles. The van der Waals surface area contributed by atoms with Crippen LogP contribution in [0.4, 0.5) is 0 Å². The van der Waals surface area contributed by atoms with Crippen molar-refractivity contribution in [3.63, 3.8) is 0 Å². The normalized spacial score (nSPS) is 24.7. The van der Waals surface area contributed by atoms with E-state index in [9.17, 15) is 4.79 Å². The van der Waals surface area contributed by atoms with E-state index in [4.69, 9.17) is 4.74 Å². The summed E-state index contributed by atoms with van der Waals surface area (Å²) >= 11 is 0. The average Bonchev–Trinajstić information content (AvgIpc) is 2.16. The summed E-state index contributed by atoms with van der Waals surface area (Å²) in [4.78, 5) is 11.5. The van der Waals surface area contributed by atoms with E-state index in [1.807, 2.05) is 0 Å². The van der Waals surface area contributed by atoms with E-state index in [0.29, 0.717) is 6.61 Å². The minimum atomic E-state index is 0.0520. The average molecular weight is 212 g/mol. The van der Waals surface area contributed by atoms with Gasteiger partial charge in [0.2, 0.25) is 0 Å². The van der Waals surface area contributed by atoms with Crippen molar-refractivity contribution >= 4 is 5.97 Å². The van der Waals surface area contributed by atoms with Gasteiger partial charge in [0.1, 0.15) is 0 Å². The summed E-state index contributed by atoms with van der Waals surface area (Å²) < 4.78 is 5.20. The van der Waals surface area contributed by atoms with Gasteiger partial charge < -0.3 is 4.74 Å². The van der Waals surface area contributed by atoms with Crippen LogP contribution in [0.1, 0.15) is 58.8 Å². The van der Waals surface area contributed by atoms with Crippen molar-refractivity contribution in [2.45, 2.75) is 58.8 Å². The molecule has 1 fully saturated rings. The highest BCUT2D eigenvalue weighted by Gasteiger charge is 2.34. The van der Waals surface area contributed by atoms with Crippen molar-refractivity contribution in [3.05, 3.63) is 0 Å². The summed E-state index contributed by atoms with van der Waals surface area (Å²) in [7, 11) is 0. The molecular weight excluding hydrogens is 188 g/mol. The van der Waals surface area contributed by atoms with E-state index >= 15 is 0 Å². The number of hydrogen-bond acceptors (Lipinski definition) is 2. The molecule has 0 aromatic rings. The first-order chi connectivity index (χ1) is 7.27. The van der Waals surface area contributed by atoms with Gasteiger partial charge in [-0.2, -0.15) is 0 Å². The molecule has 15 heavy (non-hydrogen) atoms. The van der Waals surface area contributed by atoms with Crippen LogP contribution in [0.25, 0.3) is 0 Å². The molecule has 1 rings (SSSR count). The smallest absolute Gasteiger partial charge is 0.308 e.